The lowest BCUT2D eigenvalue weighted by molar-refractivity contribution is 0.314. The Kier molecular flexibility index (Phi) is 3.20. The number of hydrogen-bond acceptors (Lipinski definition) is 1. The van der Waals surface area contributed by atoms with E-state index in [1.807, 2.05) is 0 Å². The second-order valence-corrected chi connectivity index (χ2v) is 4.44. The van der Waals surface area contributed by atoms with Gasteiger partial charge in [-0.05, 0) is 44.2 Å². The summed E-state index contributed by atoms with van der Waals surface area (Å²) in [5, 5.41) is 3.50. The first-order valence-corrected chi connectivity index (χ1v) is 5.62. The van der Waals surface area contributed by atoms with Crippen molar-refractivity contribution in [1.82, 2.24) is 5.32 Å². The van der Waals surface area contributed by atoms with Gasteiger partial charge in [0.15, 0.2) is 0 Å². The fourth-order valence-corrected chi connectivity index (χ4v) is 2.37. The van der Waals surface area contributed by atoms with Crippen molar-refractivity contribution in [2.75, 3.05) is 6.54 Å². The van der Waals surface area contributed by atoms with E-state index in [0.717, 1.165) is 5.92 Å². The molecule has 0 bridgehead atoms. The Bertz CT molecular complexity index is 268. The molecule has 0 aromatic heterocycles. The maximum absolute atomic E-state index is 3.50. The molecule has 1 heteroatoms. The highest BCUT2D eigenvalue weighted by atomic mass is 14.9. The molecule has 1 nitrogen and oxygen atoms in total. The molecule has 14 heavy (non-hydrogen) atoms. The Balaban J connectivity index is 1.91. The van der Waals surface area contributed by atoms with E-state index in [1.54, 1.807) is 0 Å². The molecular formula is C13H19N. The molecule has 0 radical (unpaired) electrons. The summed E-state index contributed by atoms with van der Waals surface area (Å²) >= 11 is 0. The molecule has 1 aliphatic heterocycles. The molecule has 1 aromatic carbocycles. The predicted octanol–water partition coefficient (Wildman–Crippen LogP) is 2.62. The van der Waals surface area contributed by atoms with Gasteiger partial charge in [-0.3, -0.25) is 0 Å². The Morgan fingerprint density at radius 2 is 2.07 bits per heavy atom. The van der Waals surface area contributed by atoms with E-state index < -0.39 is 0 Å². The lowest BCUT2D eigenvalue weighted by atomic mass is 9.88. The van der Waals surface area contributed by atoms with E-state index in [-0.39, 0.29) is 0 Å². The molecule has 1 aliphatic rings. The van der Waals surface area contributed by atoms with Gasteiger partial charge in [-0.15, -0.1) is 0 Å². The summed E-state index contributed by atoms with van der Waals surface area (Å²) in [7, 11) is 0. The van der Waals surface area contributed by atoms with E-state index in [9.17, 15) is 0 Å². The van der Waals surface area contributed by atoms with Crippen LogP contribution in [0.5, 0.6) is 0 Å². The molecule has 0 unspecified atom stereocenters. The van der Waals surface area contributed by atoms with Gasteiger partial charge in [-0.2, -0.15) is 0 Å². The van der Waals surface area contributed by atoms with Crippen LogP contribution < -0.4 is 5.32 Å². The Labute approximate surface area is 86.5 Å². The van der Waals surface area contributed by atoms with Crippen molar-refractivity contribution in [3.63, 3.8) is 0 Å². The van der Waals surface area contributed by atoms with Crippen molar-refractivity contribution in [3.05, 3.63) is 35.9 Å². The highest BCUT2D eigenvalue weighted by Gasteiger charge is 2.17. The third-order valence-electron chi connectivity index (χ3n) is 3.10. The van der Waals surface area contributed by atoms with Crippen LogP contribution in [-0.2, 0) is 6.42 Å². The summed E-state index contributed by atoms with van der Waals surface area (Å²) in [6.45, 7) is 3.48. The predicted molar refractivity (Wildman–Crippen MR) is 60.3 cm³/mol. The zero-order valence-corrected chi connectivity index (χ0v) is 8.87. The van der Waals surface area contributed by atoms with E-state index in [4.69, 9.17) is 0 Å². The van der Waals surface area contributed by atoms with Crippen LogP contribution in [0.4, 0.5) is 0 Å². The van der Waals surface area contributed by atoms with Crippen molar-refractivity contribution < 1.29 is 0 Å². The van der Waals surface area contributed by atoms with E-state index in [2.05, 4.69) is 42.6 Å². The maximum Gasteiger partial charge on any atom is 0.00414 e. The Morgan fingerprint density at radius 3 is 2.79 bits per heavy atom. The summed E-state index contributed by atoms with van der Waals surface area (Å²) in [5.41, 5.74) is 1.49. The van der Waals surface area contributed by atoms with Crippen molar-refractivity contribution >= 4 is 0 Å². The van der Waals surface area contributed by atoms with E-state index in [1.165, 1.54) is 31.4 Å². The Hall–Kier alpha value is -0.820. The minimum atomic E-state index is 0.706. The number of hydrogen-bond donors (Lipinski definition) is 1. The van der Waals surface area contributed by atoms with Gasteiger partial charge < -0.3 is 5.32 Å². The number of rotatable bonds is 2. The molecule has 1 saturated heterocycles. The molecule has 1 fully saturated rings. The molecule has 2 rings (SSSR count). The van der Waals surface area contributed by atoms with Gasteiger partial charge in [-0.25, -0.2) is 0 Å². The van der Waals surface area contributed by atoms with Crippen LogP contribution in [0.25, 0.3) is 0 Å². The van der Waals surface area contributed by atoms with Crippen LogP contribution in [0.1, 0.15) is 25.3 Å². The molecule has 1 N–H and O–H groups in total. The minimum absolute atomic E-state index is 0.706. The third kappa shape index (κ3) is 2.58. The molecular weight excluding hydrogens is 170 g/mol. The fourth-order valence-electron chi connectivity index (χ4n) is 2.37. The molecule has 1 heterocycles. The Morgan fingerprint density at radius 1 is 1.29 bits per heavy atom. The molecule has 0 amide bonds. The summed E-state index contributed by atoms with van der Waals surface area (Å²) < 4.78 is 0. The van der Waals surface area contributed by atoms with Crippen molar-refractivity contribution in [1.29, 1.82) is 0 Å². The second-order valence-electron chi connectivity index (χ2n) is 4.44. The van der Waals surface area contributed by atoms with E-state index in [0.29, 0.717) is 6.04 Å². The molecule has 1 aromatic rings. The monoisotopic (exact) mass is 189 g/mol. The van der Waals surface area contributed by atoms with Crippen LogP contribution in [0.15, 0.2) is 30.3 Å². The van der Waals surface area contributed by atoms with E-state index >= 15 is 0 Å². The zero-order valence-electron chi connectivity index (χ0n) is 8.87. The number of nitrogens with one attached hydrogen (secondary N) is 1. The van der Waals surface area contributed by atoms with Gasteiger partial charge in [0.2, 0.25) is 0 Å². The summed E-state index contributed by atoms with van der Waals surface area (Å²) in [6, 6.07) is 11.6. The minimum Gasteiger partial charge on any atom is -0.314 e. The molecule has 0 saturated carbocycles. The highest BCUT2D eigenvalue weighted by molar-refractivity contribution is 5.15. The standard InChI is InChI=1S/C13H19N/c1-11-9-13(7-8-14-11)10-12-5-3-2-4-6-12/h2-6,11,13-14H,7-10H2,1H3/t11-,13-/m1/s1. The van der Waals surface area contributed by atoms with Gasteiger partial charge in [-0.1, -0.05) is 30.3 Å². The van der Waals surface area contributed by atoms with Gasteiger partial charge >= 0.3 is 0 Å². The van der Waals surface area contributed by atoms with Crippen LogP contribution in [0, 0.1) is 5.92 Å². The number of benzene rings is 1. The second kappa shape index (κ2) is 4.61. The maximum atomic E-state index is 3.50. The summed E-state index contributed by atoms with van der Waals surface area (Å²) in [5.74, 6) is 0.883. The van der Waals surface area contributed by atoms with Crippen LogP contribution in [0.3, 0.4) is 0 Å². The average molecular weight is 189 g/mol. The van der Waals surface area contributed by atoms with Crippen LogP contribution >= 0.6 is 0 Å². The smallest absolute Gasteiger partial charge is 0.00414 e. The first-order chi connectivity index (χ1) is 6.84. The van der Waals surface area contributed by atoms with Gasteiger partial charge in [0, 0.05) is 6.04 Å². The summed E-state index contributed by atoms with van der Waals surface area (Å²) in [4.78, 5) is 0. The fraction of sp³-hybridized carbons (Fsp3) is 0.538. The normalized spacial score (nSPS) is 27.5. The first-order valence-electron chi connectivity index (χ1n) is 5.62. The topological polar surface area (TPSA) is 12.0 Å². The van der Waals surface area contributed by atoms with Gasteiger partial charge in [0.05, 0.1) is 0 Å². The van der Waals surface area contributed by atoms with Crippen molar-refractivity contribution in [2.24, 2.45) is 5.92 Å². The van der Waals surface area contributed by atoms with Crippen LogP contribution in [0.2, 0.25) is 0 Å². The number of piperidine rings is 1. The van der Waals surface area contributed by atoms with Gasteiger partial charge in [0.1, 0.15) is 0 Å². The third-order valence-corrected chi connectivity index (χ3v) is 3.10. The SMILES string of the molecule is C[C@@H]1C[C@H](Cc2ccccc2)CCN1. The van der Waals surface area contributed by atoms with Crippen LogP contribution in [-0.4, -0.2) is 12.6 Å². The zero-order chi connectivity index (χ0) is 9.80. The molecule has 0 spiro atoms. The quantitative estimate of drug-likeness (QED) is 0.754. The van der Waals surface area contributed by atoms with Crippen molar-refractivity contribution in [2.45, 2.75) is 32.2 Å². The molecule has 2 atom stereocenters. The lowest BCUT2D eigenvalue weighted by Gasteiger charge is -2.28. The molecule has 0 aliphatic carbocycles. The van der Waals surface area contributed by atoms with Gasteiger partial charge in [0.25, 0.3) is 0 Å². The average Bonchev–Trinajstić information content (AvgIpc) is 2.19. The largest absolute Gasteiger partial charge is 0.314 e. The van der Waals surface area contributed by atoms with Crippen molar-refractivity contribution in [3.8, 4) is 0 Å². The molecule has 76 valence electrons. The summed E-state index contributed by atoms with van der Waals surface area (Å²) in [6.07, 6.45) is 3.92. The highest BCUT2D eigenvalue weighted by Crippen LogP contribution is 2.20. The lowest BCUT2D eigenvalue weighted by Crippen LogP contribution is -2.36. The first kappa shape index (κ1) is 9.72.